The zero-order valence-electron chi connectivity index (χ0n) is 6.75. The summed E-state index contributed by atoms with van der Waals surface area (Å²) in [5.74, 6) is 0.868. The monoisotopic (exact) mass is 151 g/mol. The molecule has 0 spiro atoms. The summed E-state index contributed by atoms with van der Waals surface area (Å²) in [6.45, 7) is 0. The molecule has 0 unspecified atom stereocenters. The summed E-state index contributed by atoms with van der Waals surface area (Å²) in [5, 5.41) is 4.28. The standard InChI is InChI=1S/C8H13N3/c1-11-5-7(9)8(10-11)4-6-2-3-6/h5-6H,2-4,9H2,1H3. The van der Waals surface area contributed by atoms with E-state index in [1.165, 1.54) is 12.8 Å². The lowest BCUT2D eigenvalue weighted by Crippen LogP contribution is -1.94. The summed E-state index contributed by atoms with van der Waals surface area (Å²) in [6.07, 6.45) is 5.66. The number of nitrogen functional groups attached to an aromatic ring is 1. The van der Waals surface area contributed by atoms with Crippen LogP contribution in [0.1, 0.15) is 18.5 Å². The highest BCUT2D eigenvalue weighted by atomic mass is 15.3. The Balaban J connectivity index is 2.14. The zero-order valence-corrected chi connectivity index (χ0v) is 6.75. The molecule has 3 heteroatoms. The van der Waals surface area contributed by atoms with Gasteiger partial charge in [-0.1, -0.05) is 0 Å². The number of hydrogen-bond donors (Lipinski definition) is 1. The first-order valence-corrected chi connectivity index (χ1v) is 4.03. The Morgan fingerprint density at radius 2 is 2.45 bits per heavy atom. The van der Waals surface area contributed by atoms with Gasteiger partial charge in [-0.15, -0.1) is 0 Å². The predicted molar refractivity (Wildman–Crippen MR) is 44.0 cm³/mol. The van der Waals surface area contributed by atoms with Gasteiger partial charge in [0.25, 0.3) is 0 Å². The van der Waals surface area contributed by atoms with Crippen molar-refractivity contribution in [1.29, 1.82) is 0 Å². The second kappa shape index (κ2) is 2.26. The first-order valence-electron chi connectivity index (χ1n) is 4.03. The number of nitrogens with zero attached hydrogens (tertiary/aromatic N) is 2. The molecule has 60 valence electrons. The molecule has 0 saturated heterocycles. The molecule has 1 aromatic heterocycles. The first-order chi connectivity index (χ1) is 5.25. The lowest BCUT2D eigenvalue weighted by atomic mass is 10.2. The number of nitrogens with two attached hydrogens (primary N) is 1. The van der Waals surface area contributed by atoms with Gasteiger partial charge in [0.05, 0.1) is 11.4 Å². The van der Waals surface area contributed by atoms with Crippen molar-refractivity contribution >= 4 is 5.69 Å². The van der Waals surface area contributed by atoms with Crippen molar-refractivity contribution in [2.45, 2.75) is 19.3 Å². The van der Waals surface area contributed by atoms with Crippen LogP contribution in [0.15, 0.2) is 6.20 Å². The maximum absolute atomic E-state index is 5.73. The smallest absolute Gasteiger partial charge is 0.0856 e. The summed E-state index contributed by atoms with van der Waals surface area (Å²) < 4.78 is 1.78. The van der Waals surface area contributed by atoms with Crippen LogP contribution >= 0.6 is 0 Å². The SMILES string of the molecule is Cn1cc(N)c(CC2CC2)n1. The van der Waals surface area contributed by atoms with Crippen molar-refractivity contribution in [2.75, 3.05) is 5.73 Å². The molecular weight excluding hydrogens is 138 g/mol. The molecule has 1 saturated carbocycles. The Labute approximate surface area is 66.2 Å². The molecule has 1 aliphatic carbocycles. The fourth-order valence-corrected chi connectivity index (χ4v) is 1.31. The minimum Gasteiger partial charge on any atom is -0.396 e. The molecule has 0 radical (unpaired) electrons. The Bertz CT molecular complexity index is 260. The van der Waals surface area contributed by atoms with Gasteiger partial charge in [0.15, 0.2) is 0 Å². The Morgan fingerprint density at radius 1 is 1.73 bits per heavy atom. The van der Waals surface area contributed by atoms with Crippen LogP contribution in [-0.2, 0) is 13.5 Å². The number of anilines is 1. The molecule has 0 aliphatic heterocycles. The summed E-state index contributed by atoms with van der Waals surface area (Å²) >= 11 is 0. The molecule has 2 rings (SSSR count). The zero-order chi connectivity index (χ0) is 7.84. The number of rotatable bonds is 2. The van der Waals surface area contributed by atoms with E-state index in [0.717, 1.165) is 23.7 Å². The van der Waals surface area contributed by atoms with Gasteiger partial charge in [0.1, 0.15) is 0 Å². The van der Waals surface area contributed by atoms with E-state index in [-0.39, 0.29) is 0 Å². The van der Waals surface area contributed by atoms with Crippen LogP contribution in [0.4, 0.5) is 5.69 Å². The molecule has 1 aromatic rings. The molecule has 0 bridgehead atoms. The van der Waals surface area contributed by atoms with Gasteiger partial charge in [0.2, 0.25) is 0 Å². The van der Waals surface area contributed by atoms with Crippen molar-refractivity contribution in [3.05, 3.63) is 11.9 Å². The Morgan fingerprint density at radius 3 is 2.91 bits per heavy atom. The predicted octanol–water partition coefficient (Wildman–Crippen LogP) is 0.955. The minimum absolute atomic E-state index is 0.847. The highest BCUT2D eigenvalue weighted by Gasteiger charge is 2.23. The molecule has 1 fully saturated rings. The molecule has 11 heavy (non-hydrogen) atoms. The summed E-state index contributed by atoms with van der Waals surface area (Å²) in [5.41, 5.74) is 7.66. The van der Waals surface area contributed by atoms with Crippen LogP contribution in [0, 0.1) is 5.92 Å². The highest BCUT2D eigenvalue weighted by molar-refractivity contribution is 5.40. The molecule has 0 aromatic carbocycles. The van der Waals surface area contributed by atoms with Crippen LogP contribution < -0.4 is 5.73 Å². The molecular formula is C8H13N3. The van der Waals surface area contributed by atoms with Gasteiger partial charge in [-0.05, 0) is 25.2 Å². The van der Waals surface area contributed by atoms with E-state index >= 15 is 0 Å². The van der Waals surface area contributed by atoms with Gasteiger partial charge in [-0.2, -0.15) is 5.10 Å². The largest absolute Gasteiger partial charge is 0.396 e. The van der Waals surface area contributed by atoms with Crippen LogP contribution in [-0.4, -0.2) is 9.78 Å². The Hall–Kier alpha value is -0.990. The third-order valence-electron chi connectivity index (χ3n) is 2.12. The normalized spacial score (nSPS) is 17.2. The molecule has 1 heterocycles. The van der Waals surface area contributed by atoms with Crippen molar-refractivity contribution in [1.82, 2.24) is 9.78 Å². The van der Waals surface area contributed by atoms with Gasteiger partial charge in [-0.3, -0.25) is 4.68 Å². The highest BCUT2D eigenvalue weighted by Crippen LogP contribution is 2.33. The fraction of sp³-hybridized carbons (Fsp3) is 0.625. The summed E-state index contributed by atoms with van der Waals surface area (Å²) in [7, 11) is 1.91. The van der Waals surface area contributed by atoms with Crippen molar-refractivity contribution < 1.29 is 0 Å². The average Bonchev–Trinajstić information content (AvgIpc) is 2.64. The van der Waals surface area contributed by atoms with E-state index in [0.29, 0.717) is 0 Å². The molecule has 2 N–H and O–H groups in total. The van der Waals surface area contributed by atoms with Gasteiger partial charge >= 0.3 is 0 Å². The van der Waals surface area contributed by atoms with E-state index in [1.54, 1.807) is 4.68 Å². The lowest BCUT2D eigenvalue weighted by molar-refractivity contribution is 0.716. The van der Waals surface area contributed by atoms with Crippen LogP contribution in [0.3, 0.4) is 0 Å². The molecule has 0 amide bonds. The minimum atomic E-state index is 0.847. The first kappa shape index (κ1) is 6.70. The van der Waals surface area contributed by atoms with E-state index in [4.69, 9.17) is 5.73 Å². The average molecular weight is 151 g/mol. The van der Waals surface area contributed by atoms with Gasteiger partial charge < -0.3 is 5.73 Å². The van der Waals surface area contributed by atoms with Crippen molar-refractivity contribution in [3.8, 4) is 0 Å². The second-order valence-corrected chi connectivity index (χ2v) is 3.35. The maximum atomic E-state index is 5.73. The van der Waals surface area contributed by atoms with E-state index in [9.17, 15) is 0 Å². The quantitative estimate of drug-likeness (QED) is 0.684. The van der Waals surface area contributed by atoms with E-state index in [2.05, 4.69) is 5.10 Å². The molecule has 1 aliphatic rings. The lowest BCUT2D eigenvalue weighted by Gasteiger charge is -1.92. The van der Waals surface area contributed by atoms with Crippen molar-refractivity contribution in [3.63, 3.8) is 0 Å². The van der Waals surface area contributed by atoms with Crippen molar-refractivity contribution in [2.24, 2.45) is 13.0 Å². The Kier molecular flexibility index (Phi) is 1.37. The van der Waals surface area contributed by atoms with E-state index < -0.39 is 0 Å². The van der Waals surface area contributed by atoms with Crippen LogP contribution in [0.5, 0.6) is 0 Å². The fourth-order valence-electron chi connectivity index (χ4n) is 1.31. The van der Waals surface area contributed by atoms with Gasteiger partial charge in [0, 0.05) is 13.2 Å². The topological polar surface area (TPSA) is 43.8 Å². The molecule has 3 nitrogen and oxygen atoms in total. The third kappa shape index (κ3) is 1.37. The van der Waals surface area contributed by atoms with Crippen LogP contribution in [0.2, 0.25) is 0 Å². The van der Waals surface area contributed by atoms with E-state index in [1.807, 2.05) is 13.2 Å². The number of aryl methyl sites for hydroxylation is 1. The summed E-state index contributed by atoms with van der Waals surface area (Å²) in [4.78, 5) is 0. The summed E-state index contributed by atoms with van der Waals surface area (Å²) in [6, 6.07) is 0. The molecule has 0 atom stereocenters. The number of hydrogen-bond acceptors (Lipinski definition) is 2. The maximum Gasteiger partial charge on any atom is 0.0856 e. The number of aromatic nitrogens is 2. The third-order valence-corrected chi connectivity index (χ3v) is 2.12. The second-order valence-electron chi connectivity index (χ2n) is 3.35. The van der Waals surface area contributed by atoms with Gasteiger partial charge in [-0.25, -0.2) is 0 Å². The van der Waals surface area contributed by atoms with Crippen LogP contribution in [0.25, 0.3) is 0 Å².